The van der Waals surface area contributed by atoms with E-state index in [0.717, 1.165) is 11.1 Å². The Hall–Kier alpha value is -1.61. The van der Waals surface area contributed by atoms with Gasteiger partial charge in [0.1, 0.15) is 0 Å². The quantitative estimate of drug-likeness (QED) is 0.844. The molecule has 2 nitrogen and oxygen atoms in total. The fraction of sp³-hybridized carbons (Fsp3) is 0.200. The predicted molar refractivity (Wildman–Crippen MR) is 73.9 cm³/mol. The molecule has 0 fully saturated rings. The lowest BCUT2D eigenvalue weighted by atomic mass is 10.2. The molecule has 0 aromatic heterocycles. The smallest absolute Gasteiger partial charge is 0.161 e. The zero-order chi connectivity index (χ0) is 13.0. The van der Waals surface area contributed by atoms with Gasteiger partial charge in [-0.1, -0.05) is 60.7 Å². The number of benzene rings is 2. The summed E-state index contributed by atoms with van der Waals surface area (Å²) in [5.74, 6) is 0.0872. The van der Waals surface area contributed by atoms with E-state index in [1.54, 1.807) is 6.92 Å². The van der Waals surface area contributed by atoms with Crippen molar-refractivity contribution in [3.63, 3.8) is 0 Å². The first-order valence-corrected chi connectivity index (χ1v) is 7.61. The SMILES string of the molecule is C[C@@H](c1ccccc1)S(=O)(=O)Cc1ccccc1. The van der Waals surface area contributed by atoms with Gasteiger partial charge in [-0.15, -0.1) is 0 Å². The molecule has 0 aliphatic heterocycles. The maximum atomic E-state index is 12.3. The predicted octanol–water partition coefficient (Wildman–Crippen LogP) is 3.36. The lowest BCUT2D eigenvalue weighted by molar-refractivity contribution is 0.585. The van der Waals surface area contributed by atoms with Crippen molar-refractivity contribution >= 4 is 9.84 Å². The molecule has 0 aliphatic carbocycles. The third-order valence-electron chi connectivity index (χ3n) is 3.02. The molecule has 0 spiro atoms. The van der Waals surface area contributed by atoms with Crippen LogP contribution < -0.4 is 0 Å². The van der Waals surface area contributed by atoms with Crippen LogP contribution in [0.5, 0.6) is 0 Å². The van der Waals surface area contributed by atoms with E-state index in [9.17, 15) is 8.42 Å². The molecule has 0 saturated heterocycles. The largest absolute Gasteiger partial charge is 0.228 e. The van der Waals surface area contributed by atoms with Crippen molar-refractivity contribution in [1.29, 1.82) is 0 Å². The van der Waals surface area contributed by atoms with Gasteiger partial charge in [-0.3, -0.25) is 0 Å². The first-order chi connectivity index (χ1) is 8.59. The van der Waals surface area contributed by atoms with E-state index in [4.69, 9.17) is 0 Å². The van der Waals surface area contributed by atoms with Gasteiger partial charge >= 0.3 is 0 Å². The van der Waals surface area contributed by atoms with Gasteiger partial charge in [0.15, 0.2) is 9.84 Å². The van der Waals surface area contributed by atoms with Crippen LogP contribution in [-0.4, -0.2) is 8.42 Å². The molecule has 94 valence electrons. The minimum absolute atomic E-state index is 0.0872. The van der Waals surface area contributed by atoms with Crippen molar-refractivity contribution in [3.8, 4) is 0 Å². The maximum Gasteiger partial charge on any atom is 0.161 e. The molecule has 2 rings (SSSR count). The highest BCUT2D eigenvalue weighted by Crippen LogP contribution is 2.24. The molecular weight excluding hydrogens is 244 g/mol. The lowest BCUT2D eigenvalue weighted by Gasteiger charge is -2.13. The molecule has 2 aromatic carbocycles. The fourth-order valence-corrected chi connectivity index (χ4v) is 3.34. The maximum absolute atomic E-state index is 12.3. The number of hydrogen-bond donors (Lipinski definition) is 0. The topological polar surface area (TPSA) is 34.1 Å². The van der Waals surface area contributed by atoms with Crippen LogP contribution in [0.25, 0.3) is 0 Å². The Labute approximate surface area is 108 Å². The summed E-state index contributed by atoms with van der Waals surface area (Å²) in [6.45, 7) is 1.74. The average molecular weight is 260 g/mol. The highest BCUT2D eigenvalue weighted by Gasteiger charge is 2.22. The lowest BCUT2D eigenvalue weighted by Crippen LogP contribution is -2.12. The summed E-state index contributed by atoms with van der Waals surface area (Å²) in [5.41, 5.74) is 1.67. The van der Waals surface area contributed by atoms with Crippen LogP contribution in [0, 0.1) is 0 Å². The van der Waals surface area contributed by atoms with E-state index < -0.39 is 15.1 Å². The van der Waals surface area contributed by atoms with Gasteiger partial charge in [-0.25, -0.2) is 8.42 Å². The summed E-state index contributed by atoms with van der Waals surface area (Å²) in [5, 5.41) is -0.473. The molecule has 0 bridgehead atoms. The van der Waals surface area contributed by atoms with Gasteiger partial charge in [0.25, 0.3) is 0 Å². The fourth-order valence-electron chi connectivity index (χ4n) is 1.86. The molecule has 0 amide bonds. The Morgan fingerprint density at radius 1 is 0.889 bits per heavy atom. The molecule has 18 heavy (non-hydrogen) atoms. The van der Waals surface area contributed by atoms with E-state index in [-0.39, 0.29) is 5.75 Å². The van der Waals surface area contributed by atoms with Crippen LogP contribution in [0.3, 0.4) is 0 Å². The molecule has 0 radical (unpaired) electrons. The van der Waals surface area contributed by atoms with Gasteiger partial charge in [0.05, 0.1) is 11.0 Å². The molecule has 0 aliphatic rings. The third-order valence-corrected chi connectivity index (χ3v) is 5.10. The van der Waals surface area contributed by atoms with Gasteiger partial charge in [0, 0.05) is 0 Å². The van der Waals surface area contributed by atoms with Crippen LogP contribution in [0.1, 0.15) is 23.3 Å². The van der Waals surface area contributed by atoms with E-state index in [1.165, 1.54) is 0 Å². The van der Waals surface area contributed by atoms with Crippen LogP contribution in [0.4, 0.5) is 0 Å². The van der Waals surface area contributed by atoms with Crippen LogP contribution in [-0.2, 0) is 15.6 Å². The first kappa shape index (κ1) is 12.8. The summed E-state index contributed by atoms with van der Waals surface area (Å²) < 4.78 is 24.6. The standard InChI is InChI=1S/C15H16O2S/c1-13(15-10-6-3-7-11-15)18(16,17)12-14-8-4-2-5-9-14/h2-11,13H,12H2,1H3/t13-/m0/s1. The summed E-state index contributed by atoms with van der Waals surface area (Å²) in [7, 11) is -3.17. The van der Waals surface area contributed by atoms with E-state index in [0.29, 0.717) is 0 Å². The summed E-state index contributed by atoms with van der Waals surface area (Å²) >= 11 is 0. The molecule has 0 heterocycles. The minimum atomic E-state index is -3.17. The van der Waals surface area contributed by atoms with E-state index >= 15 is 0 Å². The van der Waals surface area contributed by atoms with E-state index in [1.807, 2.05) is 60.7 Å². The molecule has 0 N–H and O–H groups in total. The Bertz CT molecular complexity index is 589. The van der Waals surface area contributed by atoms with Crippen LogP contribution >= 0.6 is 0 Å². The van der Waals surface area contributed by atoms with Crippen molar-refractivity contribution < 1.29 is 8.42 Å². The second kappa shape index (κ2) is 5.36. The monoisotopic (exact) mass is 260 g/mol. The minimum Gasteiger partial charge on any atom is -0.228 e. The van der Waals surface area contributed by atoms with Crippen molar-refractivity contribution in [3.05, 3.63) is 71.8 Å². The van der Waals surface area contributed by atoms with Crippen molar-refractivity contribution in [2.75, 3.05) is 0 Å². The number of rotatable bonds is 4. The van der Waals surface area contributed by atoms with Crippen molar-refractivity contribution in [1.82, 2.24) is 0 Å². The normalized spacial score (nSPS) is 13.2. The molecular formula is C15H16O2S. The highest BCUT2D eigenvalue weighted by atomic mass is 32.2. The molecule has 3 heteroatoms. The Morgan fingerprint density at radius 2 is 1.39 bits per heavy atom. The molecule has 0 saturated carbocycles. The zero-order valence-corrected chi connectivity index (χ0v) is 11.1. The van der Waals surface area contributed by atoms with Gasteiger partial charge in [-0.2, -0.15) is 0 Å². The second-order valence-corrected chi connectivity index (χ2v) is 6.67. The average Bonchev–Trinajstić information content (AvgIpc) is 2.39. The van der Waals surface area contributed by atoms with Crippen molar-refractivity contribution in [2.45, 2.75) is 17.9 Å². The Kier molecular flexibility index (Phi) is 3.82. The molecule has 1 atom stereocenters. The third kappa shape index (κ3) is 2.99. The second-order valence-electron chi connectivity index (χ2n) is 4.35. The molecule has 2 aromatic rings. The zero-order valence-electron chi connectivity index (χ0n) is 10.3. The summed E-state index contributed by atoms with van der Waals surface area (Å²) in [4.78, 5) is 0. The molecule has 0 unspecified atom stereocenters. The van der Waals surface area contributed by atoms with Crippen LogP contribution in [0.2, 0.25) is 0 Å². The first-order valence-electron chi connectivity index (χ1n) is 5.90. The van der Waals surface area contributed by atoms with E-state index in [2.05, 4.69) is 0 Å². The highest BCUT2D eigenvalue weighted by molar-refractivity contribution is 7.90. The van der Waals surface area contributed by atoms with Crippen LogP contribution in [0.15, 0.2) is 60.7 Å². The van der Waals surface area contributed by atoms with Crippen molar-refractivity contribution in [2.24, 2.45) is 0 Å². The van der Waals surface area contributed by atoms with Gasteiger partial charge in [0.2, 0.25) is 0 Å². The van der Waals surface area contributed by atoms with Gasteiger partial charge < -0.3 is 0 Å². The Balaban J connectivity index is 2.22. The van der Waals surface area contributed by atoms with Gasteiger partial charge in [-0.05, 0) is 18.1 Å². The summed E-state index contributed by atoms with van der Waals surface area (Å²) in [6, 6.07) is 18.6. The summed E-state index contributed by atoms with van der Waals surface area (Å²) in [6.07, 6.45) is 0. The number of sulfone groups is 1. The Morgan fingerprint density at radius 3 is 1.94 bits per heavy atom. The number of hydrogen-bond acceptors (Lipinski definition) is 2.